The summed E-state index contributed by atoms with van der Waals surface area (Å²) in [5, 5.41) is 4.38. The lowest BCUT2D eigenvalue weighted by Crippen LogP contribution is -2.54. The van der Waals surface area contributed by atoms with Crippen LogP contribution in [0.1, 0.15) is 12.5 Å². The highest BCUT2D eigenvalue weighted by molar-refractivity contribution is 6.31. The number of nitrogens with zero attached hydrogens (tertiary/aromatic N) is 2. The van der Waals surface area contributed by atoms with E-state index in [0.29, 0.717) is 23.2 Å². The fourth-order valence-corrected chi connectivity index (χ4v) is 3.66. The number of hydrogen-bond acceptors (Lipinski definition) is 4. The van der Waals surface area contributed by atoms with Gasteiger partial charge in [0.15, 0.2) is 0 Å². The van der Waals surface area contributed by atoms with Gasteiger partial charge in [0.2, 0.25) is 5.91 Å². The van der Waals surface area contributed by atoms with Crippen LogP contribution < -0.4 is 10.1 Å². The zero-order valence-corrected chi connectivity index (χ0v) is 18.1. The second-order valence-electron chi connectivity index (χ2n) is 7.17. The van der Waals surface area contributed by atoms with Gasteiger partial charge in [-0.15, -0.1) is 0 Å². The molecule has 156 valence electrons. The molecule has 1 unspecified atom stereocenters. The molecule has 1 atom stereocenters. The summed E-state index contributed by atoms with van der Waals surface area (Å²) in [6.07, 6.45) is 0. The highest BCUT2D eigenvalue weighted by Crippen LogP contribution is 2.16. The highest BCUT2D eigenvalue weighted by atomic mass is 35.5. The molecule has 1 aliphatic heterocycles. The third-order valence-electron chi connectivity index (χ3n) is 5.23. The van der Waals surface area contributed by atoms with Crippen molar-refractivity contribution >= 4 is 29.1 Å². The van der Waals surface area contributed by atoms with Crippen molar-refractivity contribution in [1.29, 1.82) is 0 Å². The van der Waals surface area contributed by atoms with Crippen LogP contribution in [-0.4, -0.2) is 61.1 Å². The summed E-state index contributed by atoms with van der Waals surface area (Å²) in [5.41, 5.74) is 0.931. The lowest BCUT2D eigenvalue weighted by molar-refractivity contribution is -0.126. The van der Waals surface area contributed by atoms with Crippen LogP contribution in [0, 0.1) is 0 Å². The summed E-state index contributed by atoms with van der Waals surface area (Å²) in [7, 11) is 0. The van der Waals surface area contributed by atoms with Crippen LogP contribution in [0.4, 0.5) is 0 Å². The van der Waals surface area contributed by atoms with Crippen molar-refractivity contribution < 1.29 is 9.53 Å². The highest BCUT2D eigenvalue weighted by Gasteiger charge is 2.25. The Labute approximate surface area is 182 Å². The van der Waals surface area contributed by atoms with Crippen molar-refractivity contribution in [2.75, 3.05) is 39.3 Å². The van der Waals surface area contributed by atoms with E-state index < -0.39 is 0 Å². The van der Waals surface area contributed by atoms with Crippen LogP contribution in [-0.2, 0) is 11.3 Å². The minimum atomic E-state index is -0.162. The fraction of sp³-hybridized carbons (Fsp3) is 0.409. The molecule has 7 heteroatoms. The Balaban J connectivity index is 1.36. The van der Waals surface area contributed by atoms with Gasteiger partial charge in [0, 0.05) is 49.3 Å². The molecule has 2 aromatic carbocycles. The van der Waals surface area contributed by atoms with Gasteiger partial charge in [-0.1, -0.05) is 41.4 Å². The molecule has 1 aliphatic rings. The molecule has 0 aliphatic carbocycles. The van der Waals surface area contributed by atoms with Crippen molar-refractivity contribution in [1.82, 2.24) is 15.1 Å². The summed E-state index contributed by atoms with van der Waals surface area (Å²) in [6, 6.07) is 14.8. The van der Waals surface area contributed by atoms with E-state index in [1.54, 1.807) is 0 Å². The van der Waals surface area contributed by atoms with Gasteiger partial charge in [-0.05, 0) is 42.8 Å². The van der Waals surface area contributed by atoms with Gasteiger partial charge in [-0.25, -0.2) is 0 Å². The molecule has 3 rings (SSSR count). The molecule has 0 spiro atoms. The molecular weight excluding hydrogens is 409 g/mol. The topological polar surface area (TPSA) is 44.8 Å². The average molecular weight is 436 g/mol. The Bertz CT molecular complexity index is 793. The quantitative estimate of drug-likeness (QED) is 0.686. The Hall–Kier alpha value is -1.79. The molecule has 1 heterocycles. The van der Waals surface area contributed by atoms with Gasteiger partial charge in [0.25, 0.3) is 0 Å². The molecule has 1 fully saturated rings. The lowest BCUT2D eigenvalue weighted by atomic mass is 10.2. The van der Waals surface area contributed by atoms with E-state index in [1.165, 1.54) is 0 Å². The first-order valence-corrected chi connectivity index (χ1v) is 10.6. The van der Waals surface area contributed by atoms with Crippen LogP contribution in [0.15, 0.2) is 48.5 Å². The molecule has 1 saturated heterocycles. The van der Waals surface area contributed by atoms with Crippen molar-refractivity contribution in [2.45, 2.75) is 19.5 Å². The maximum atomic E-state index is 12.5. The molecule has 2 aromatic rings. The number of rotatable bonds is 8. The zero-order chi connectivity index (χ0) is 20.6. The smallest absolute Gasteiger partial charge is 0.237 e. The Morgan fingerprint density at radius 1 is 1.07 bits per heavy atom. The number of nitrogens with one attached hydrogen (secondary N) is 1. The van der Waals surface area contributed by atoms with E-state index in [0.717, 1.165) is 44.0 Å². The first-order valence-electron chi connectivity index (χ1n) is 9.89. The predicted octanol–water partition coefficient (Wildman–Crippen LogP) is 3.69. The Kier molecular flexibility index (Phi) is 8.19. The second-order valence-corrected chi connectivity index (χ2v) is 8.01. The molecule has 29 heavy (non-hydrogen) atoms. The lowest BCUT2D eigenvalue weighted by Gasteiger charge is -2.37. The molecule has 0 saturated carbocycles. The molecule has 0 bridgehead atoms. The Morgan fingerprint density at radius 2 is 1.76 bits per heavy atom. The van der Waals surface area contributed by atoms with Crippen LogP contribution in [0.25, 0.3) is 0 Å². The van der Waals surface area contributed by atoms with Crippen LogP contribution >= 0.6 is 23.2 Å². The molecule has 0 aromatic heterocycles. The van der Waals surface area contributed by atoms with Gasteiger partial charge >= 0.3 is 0 Å². The van der Waals surface area contributed by atoms with Gasteiger partial charge < -0.3 is 10.1 Å². The summed E-state index contributed by atoms with van der Waals surface area (Å²) in [6.45, 7) is 7.48. The van der Waals surface area contributed by atoms with Crippen molar-refractivity contribution in [3.63, 3.8) is 0 Å². The normalized spacial score (nSPS) is 16.4. The predicted molar refractivity (Wildman–Crippen MR) is 118 cm³/mol. The van der Waals surface area contributed by atoms with E-state index in [-0.39, 0.29) is 11.9 Å². The molecule has 5 nitrogen and oxygen atoms in total. The first kappa shape index (κ1) is 21.9. The largest absolute Gasteiger partial charge is 0.492 e. The second kappa shape index (κ2) is 10.8. The fourth-order valence-electron chi connectivity index (χ4n) is 3.34. The maximum absolute atomic E-state index is 12.5. The van der Waals surface area contributed by atoms with E-state index in [2.05, 4.69) is 15.1 Å². The van der Waals surface area contributed by atoms with E-state index >= 15 is 0 Å². The number of carbonyl (C=O) groups is 1. The summed E-state index contributed by atoms with van der Waals surface area (Å²) < 4.78 is 5.77. The summed E-state index contributed by atoms with van der Waals surface area (Å²) in [4.78, 5) is 17.1. The number of carbonyl (C=O) groups excluding carboxylic acids is 1. The standard InChI is InChI=1S/C22H27Cl2N3O2/c1-17(22(28)25-16-18-4-2-3-5-21(18)24)27-12-10-26(11-13-27)14-15-29-20-8-6-19(23)7-9-20/h2-9,17H,10-16H2,1H3,(H,25,28). The van der Waals surface area contributed by atoms with Crippen molar-refractivity contribution in [2.24, 2.45) is 0 Å². The van der Waals surface area contributed by atoms with Crippen LogP contribution in [0.2, 0.25) is 10.0 Å². The molecule has 1 N–H and O–H groups in total. The Morgan fingerprint density at radius 3 is 2.45 bits per heavy atom. The zero-order valence-electron chi connectivity index (χ0n) is 16.6. The molecule has 1 amide bonds. The number of piperazine rings is 1. The van der Waals surface area contributed by atoms with Gasteiger partial charge in [0.05, 0.1) is 6.04 Å². The number of amides is 1. The number of ether oxygens (including phenoxy) is 1. The molecule has 0 radical (unpaired) electrons. The van der Waals surface area contributed by atoms with Crippen LogP contribution in [0.5, 0.6) is 5.75 Å². The number of halogens is 2. The van der Waals surface area contributed by atoms with Gasteiger partial charge in [-0.2, -0.15) is 0 Å². The minimum Gasteiger partial charge on any atom is -0.492 e. The van der Waals surface area contributed by atoms with E-state index in [9.17, 15) is 4.79 Å². The minimum absolute atomic E-state index is 0.0319. The summed E-state index contributed by atoms with van der Waals surface area (Å²) >= 11 is 12.0. The number of benzene rings is 2. The summed E-state index contributed by atoms with van der Waals surface area (Å²) in [5.74, 6) is 0.862. The monoisotopic (exact) mass is 435 g/mol. The van der Waals surface area contributed by atoms with E-state index in [4.69, 9.17) is 27.9 Å². The van der Waals surface area contributed by atoms with Crippen molar-refractivity contribution in [3.8, 4) is 5.75 Å². The average Bonchev–Trinajstić information content (AvgIpc) is 2.74. The molecular formula is C22H27Cl2N3O2. The third-order valence-corrected chi connectivity index (χ3v) is 5.86. The first-order chi connectivity index (χ1) is 14.0. The van der Waals surface area contributed by atoms with E-state index in [1.807, 2.05) is 55.5 Å². The number of hydrogen-bond donors (Lipinski definition) is 1. The van der Waals surface area contributed by atoms with Gasteiger partial charge in [-0.3, -0.25) is 14.6 Å². The SMILES string of the molecule is CC(C(=O)NCc1ccccc1Cl)N1CCN(CCOc2ccc(Cl)cc2)CC1. The van der Waals surface area contributed by atoms with Crippen LogP contribution in [0.3, 0.4) is 0 Å². The van der Waals surface area contributed by atoms with Crippen molar-refractivity contribution in [3.05, 3.63) is 64.1 Å². The maximum Gasteiger partial charge on any atom is 0.237 e. The van der Waals surface area contributed by atoms with Gasteiger partial charge in [0.1, 0.15) is 12.4 Å². The third kappa shape index (κ3) is 6.61.